The van der Waals surface area contributed by atoms with Gasteiger partial charge in [-0.05, 0) is 61.1 Å². The highest BCUT2D eigenvalue weighted by Gasteiger charge is 2.41. The number of imide groups is 1. The Labute approximate surface area is 429 Å². The maximum Gasteiger partial charge on any atom is 0.409 e. The van der Waals surface area contributed by atoms with Crippen molar-refractivity contribution in [3.63, 3.8) is 0 Å². The number of hydrogen-bond acceptors (Lipinski definition) is 14. The molecule has 2 aromatic heterocycles. The molecule has 381 valence electrons. The average Bonchev–Trinajstić information content (AvgIpc) is 3.96. The number of ether oxygens (including phenoxy) is 1. The third-order valence-electron chi connectivity index (χ3n) is 12.3. The maximum absolute atomic E-state index is 14.0. The van der Waals surface area contributed by atoms with Crippen molar-refractivity contribution in [2.75, 3.05) is 80.4 Å². The fraction of sp³-hybridized carbons (Fsp3) is 0.447. The standard InChI is InChI=1S/C47H58BBrN13O9S/c1-57(46(69)61(43(67)33-14-15-33)45-53-39-7-3-5-36(62(39)56-45)32-12-8-30(9-13-32)28-59-21-23-72-24-22-59)19-20-58(2)47(70)71-29-31-10-16-34(17-11-31)52-41(65)27-51-42(66)37-6-4-18-60(37)44(68)35(25-38(50)63)54-48-55-40(64)26-49/h3,5,7-13,16-17,33,35,37,54H,4,6,14-15,18-29H2,1-2H3,(H2,50,63)(H,51,66)(H,52,65)(H,55,64). The molecule has 0 bridgehead atoms. The van der Waals surface area contributed by atoms with Gasteiger partial charge in [0.25, 0.3) is 5.95 Å². The van der Waals surface area contributed by atoms with E-state index in [1.54, 1.807) is 41.9 Å². The number of anilines is 2. The summed E-state index contributed by atoms with van der Waals surface area (Å²) in [4.78, 5) is 115. The Balaban J connectivity index is 0.861. The Morgan fingerprint density at radius 1 is 0.889 bits per heavy atom. The van der Waals surface area contributed by atoms with E-state index in [9.17, 15) is 38.4 Å². The lowest BCUT2D eigenvalue weighted by Gasteiger charge is -2.28. The van der Waals surface area contributed by atoms with Gasteiger partial charge in [-0.15, -0.1) is 5.10 Å². The first-order valence-corrected chi connectivity index (χ1v) is 25.9. The lowest BCUT2D eigenvalue weighted by atomic mass is 10.0. The number of primary amides is 1. The molecular formula is C47H58BBrN13O9S. The molecule has 2 aliphatic heterocycles. The zero-order valence-corrected chi connectivity index (χ0v) is 42.5. The summed E-state index contributed by atoms with van der Waals surface area (Å²) in [5.74, 6) is -1.22. The van der Waals surface area contributed by atoms with Crippen LogP contribution in [0.4, 0.5) is 21.2 Å². The van der Waals surface area contributed by atoms with E-state index in [4.69, 9.17) is 15.6 Å². The van der Waals surface area contributed by atoms with Gasteiger partial charge in [0, 0.05) is 88.5 Å². The van der Waals surface area contributed by atoms with Crippen molar-refractivity contribution in [3.8, 4) is 11.3 Å². The van der Waals surface area contributed by atoms with Crippen LogP contribution in [0, 0.1) is 5.92 Å². The van der Waals surface area contributed by atoms with Gasteiger partial charge in [0.15, 0.2) is 5.65 Å². The molecule has 2 saturated heterocycles. The van der Waals surface area contributed by atoms with Crippen molar-refractivity contribution in [3.05, 3.63) is 77.9 Å². The lowest BCUT2D eigenvalue weighted by molar-refractivity contribution is -0.140. The number of thioether (sulfide) groups is 1. The average molecular weight is 1070 g/mol. The van der Waals surface area contributed by atoms with Gasteiger partial charge in [0.1, 0.15) is 12.6 Å². The number of nitrogens with zero attached hydrogens (tertiary/aromatic N) is 8. The molecule has 25 heteroatoms. The molecule has 6 N–H and O–H groups in total. The van der Waals surface area contributed by atoms with Crippen molar-refractivity contribution >= 4 is 100 Å². The van der Waals surface area contributed by atoms with Gasteiger partial charge in [0.2, 0.25) is 35.4 Å². The Morgan fingerprint density at radius 2 is 1.60 bits per heavy atom. The highest BCUT2D eigenvalue weighted by Crippen LogP contribution is 2.33. The van der Waals surface area contributed by atoms with E-state index >= 15 is 0 Å². The summed E-state index contributed by atoms with van der Waals surface area (Å²) >= 11 is 4.99. The van der Waals surface area contributed by atoms with Crippen molar-refractivity contribution < 1.29 is 43.1 Å². The summed E-state index contributed by atoms with van der Waals surface area (Å²) in [6.45, 7) is 2.95. The Hall–Kier alpha value is -6.57. The number of pyridine rings is 1. The molecule has 9 amide bonds. The molecule has 4 heterocycles. The van der Waals surface area contributed by atoms with E-state index in [1.165, 1.54) is 27.3 Å². The van der Waals surface area contributed by atoms with Crippen LogP contribution in [0.5, 0.6) is 0 Å². The minimum atomic E-state index is -1.12. The second-order valence-electron chi connectivity index (χ2n) is 17.7. The molecule has 3 fully saturated rings. The molecule has 22 nitrogen and oxygen atoms in total. The quantitative estimate of drug-likeness (QED) is 0.0590. The minimum absolute atomic E-state index is 0.0182. The molecule has 3 aliphatic rings. The highest BCUT2D eigenvalue weighted by atomic mass is 79.9. The number of likely N-dealkylation sites (tertiary alicyclic amines) is 1. The molecule has 2 aromatic carbocycles. The number of rotatable bonds is 21. The Morgan fingerprint density at radius 3 is 2.29 bits per heavy atom. The number of benzene rings is 2. The summed E-state index contributed by atoms with van der Waals surface area (Å²) in [5, 5.41) is 15.0. The summed E-state index contributed by atoms with van der Waals surface area (Å²) < 4.78 is 7.15. The topological polar surface area (TPSA) is 266 Å². The SMILES string of the molecule is CN(CCN(C)C(=O)N(C(=O)C1CC1)c1nc2cccc(-c3ccc(CN4CCSCC4)cc3)n2n1)C(=O)OCc1ccc(NC(=O)CNC(=O)C2CCCN2C(=O)C(CC(N)=O)N[B]NC(=O)CBr)cc1. The number of carbonyl (C=O) groups is 8. The van der Waals surface area contributed by atoms with Crippen LogP contribution >= 0.6 is 27.7 Å². The number of nitrogens with two attached hydrogens (primary N) is 1. The second kappa shape index (κ2) is 25.2. The molecule has 4 aromatic rings. The maximum atomic E-state index is 14.0. The van der Waals surface area contributed by atoms with Gasteiger partial charge in [0.05, 0.1) is 23.6 Å². The second-order valence-corrected chi connectivity index (χ2v) is 19.5. The first kappa shape index (κ1) is 53.2. The minimum Gasteiger partial charge on any atom is -0.445 e. The third-order valence-corrected chi connectivity index (χ3v) is 13.7. The molecule has 2 atom stereocenters. The van der Waals surface area contributed by atoms with Gasteiger partial charge < -0.3 is 46.3 Å². The van der Waals surface area contributed by atoms with Crippen LogP contribution < -0.4 is 31.7 Å². The number of alkyl halides is 1. The van der Waals surface area contributed by atoms with Gasteiger partial charge >= 0.3 is 19.7 Å². The number of nitrogens with one attached hydrogen (secondary N) is 4. The Kier molecular flexibility index (Phi) is 18.6. The van der Waals surface area contributed by atoms with Crippen molar-refractivity contribution in [2.24, 2.45) is 11.7 Å². The number of fused-ring (bicyclic) bond motifs is 1. The smallest absolute Gasteiger partial charge is 0.409 e. The Bertz CT molecular complexity index is 2620. The van der Waals surface area contributed by atoms with E-state index < -0.39 is 47.8 Å². The molecule has 1 saturated carbocycles. The number of aromatic nitrogens is 3. The normalized spacial score (nSPS) is 16.0. The van der Waals surface area contributed by atoms with E-state index in [2.05, 4.69) is 59.0 Å². The van der Waals surface area contributed by atoms with Crippen LogP contribution in [0.3, 0.4) is 0 Å². The van der Waals surface area contributed by atoms with Gasteiger partial charge in [-0.25, -0.2) is 14.1 Å². The number of urea groups is 1. The van der Waals surface area contributed by atoms with Crippen molar-refractivity contribution in [1.82, 2.24) is 50.0 Å². The highest BCUT2D eigenvalue weighted by molar-refractivity contribution is 9.09. The van der Waals surface area contributed by atoms with Crippen molar-refractivity contribution in [2.45, 2.75) is 57.3 Å². The number of likely N-dealkylation sites (N-methyl/N-ethyl adjacent to an activating group) is 2. The molecule has 1 aliphatic carbocycles. The van der Waals surface area contributed by atoms with E-state index in [0.29, 0.717) is 42.6 Å². The van der Waals surface area contributed by atoms with E-state index in [0.717, 1.165) is 54.8 Å². The predicted molar refractivity (Wildman–Crippen MR) is 273 cm³/mol. The first-order chi connectivity index (χ1) is 34.7. The van der Waals surface area contributed by atoms with E-state index in [-0.39, 0.29) is 68.2 Å². The van der Waals surface area contributed by atoms with Gasteiger partial charge in [-0.2, -0.15) is 21.6 Å². The van der Waals surface area contributed by atoms with Crippen LogP contribution in [0.1, 0.15) is 43.2 Å². The molecule has 72 heavy (non-hydrogen) atoms. The largest absolute Gasteiger partial charge is 0.445 e. The third kappa shape index (κ3) is 14.3. The summed E-state index contributed by atoms with van der Waals surface area (Å²) in [6, 6.07) is 17.8. The number of hydrogen-bond donors (Lipinski definition) is 5. The van der Waals surface area contributed by atoms with Crippen LogP contribution in [-0.4, -0.2) is 172 Å². The van der Waals surface area contributed by atoms with Gasteiger partial charge in [-0.1, -0.05) is 58.4 Å². The lowest BCUT2D eigenvalue weighted by Crippen LogP contribution is -2.56. The summed E-state index contributed by atoms with van der Waals surface area (Å²) in [5.41, 5.74) is 9.75. The number of halogens is 1. The predicted octanol–water partition coefficient (Wildman–Crippen LogP) is 1.93. The van der Waals surface area contributed by atoms with Crippen LogP contribution in [0.2, 0.25) is 0 Å². The zero-order valence-electron chi connectivity index (χ0n) is 40.1. The first-order valence-electron chi connectivity index (χ1n) is 23.6. The fourth-order valence-corrected chi connectivity index (χ4v) is 9.21. The van der Waals surface area contributed by atoms with E-state index in [1.807, 2.05) is 36.0 Å². The number of carbonyl (C=O) groups excluding carboxylic acids is 8. The monoisotopic (exact) mass is 1070 g/mol. The van der Waals surface area contributed by atoms with Crippen LogP contribution in [-0.2, 0) is 46.7 Å². The zero-order chi connectivity index (χ0) is 51.3. The molecule has 2 unspecified atom stereocenters. The van der Waals surface area contributed by atoms with Crippen LogP contribution in [0.25, 0.3) is 16.9 Å². The summed E-state index contributed by atoms with van der Waals surface area (Å²) in [7, 11) is 4.21. The number of amides is 9. The fourth-order valence-electron chi connectivity index (χ4n) is 8.07. The molecule has 0 spiro atoms. The van der Waals surface area contributed by atoms with Crippen LogP contribution in [0.15, 0.2) is 66.7 Å². The molecular weight excluding hydrogens is 1010 g/mol. The molecule has 1 radical (unpaired) electrons. The van der Waals surface area contributed by atoms with Gasteiger partial charge in [-0.3, -0.25) is 33.7 Å². The molecule has 7 rings (SSSR count). The summed E-state index contributed by atoms with van der Waals surface area (Å²) in [6.07, 6.45) is 1.15. The van der Waals surface area contributed by atoms with Crippen molar-refractivity contribution in [1.29, 1.82) is 0 Å².